The lowest BCUT2D eigenvalue weighted by Gasteiger charge is -2.24. The van der Waals surface area contributed by atoms with Crippen molar-refractivity contribution in [2.24, 2.45) is 0 Å². The fraction of sp³-hybridized carbons (Fsp3) is 0.750. The summed E-state index contributed by atoms with van der Waals surface area (Å²) < 4.78 is 0. The standard InChI is InChI=1S/C16H28N2S/c1-4-15-9-10-16(19-15)13(2)17-11-12-18(3)14-7-5-6-8-14/h9-10,13-14,17H,4-8,11-12H2,1-3H3. The Balaban J connectivity index is 1.69. The zero-order valence-corrected chi connectivity index (χ0v) is 13.4. The second-order valence-electron chi connectivity index (χ2n) is 5.75. The average Bonchev–Trinajstić information content (AvgIpc) is 3.09. The molecule has 0 aromatic carbocycles. The van der Waals surface area contributed by atoms with Crippen molar-refractivity contribution in [1.82, 2.24) is 10.2 Å². The van der Waals surface area contributed by atoms with Crippen molar-refractivity contribution in [2.45, 2.75) is 58.0 Å². The van der Waals surface area contributed by atoms with E-state index in [9.17, 15) is 0 Å². The highest BCUT2D eigenvalue weighted by molar-refractivity contribution is 7.12. The summed E-state index contributed by atoms with van der Waals surface area (Å²) in [5.74, 6) is 0. The van der Waals surface area contributed by atoms with Gasteiger partial charge in [0.1, 0.15) is 0 Å². The molecule has 19 heavy (non-hydrogen) atoms. The molecule has 3 heteroatoms. The van der Waals surface area contributed by atoms with Crippen LogP contribution in [0, 0.1) is 0 Å². The Hall–Kier alpha value is -0.380. The third kappa shape index (κ3) is 4.30. The summed E-state index contributed by atoms with van der Waals surface area (Å²) in [5.41, 5.74) is 0. The second kappa shape index (κ2) is 7.41. The van der Waals surface area contributed by atoms with E-state index in [1.807, 2.05) is 11.3 Å². The van der Waals surface area contributed by atoms with Crippen LogP contribution in [0.5, 0.6) is 0 Å². The van der Waals surface area contributed by atoms with Crippen molar-refractivity contribution in [3.63, 3.8) is 0 Å². The monoisotopic (exact) mass is 280 g/mol. The van der Waals surface area contributed by atoms with Crippen LogP contribution in [0.15, 0.2) is 12.1 Å². The highest BCUT2D eigenvalue weighted by atomic mass is 32.1. The van der Waals surface area contributed by atoms with Crippen molar-refractivity contribution in [2.75, 3.05) is 20.1 Å². The summed E-state index contributed by atoms with van der Waals surface area (Å²) in [4.78, 5) is 5.51. The molecule has 1 aromatic rings. The minimum absolute atomic E-state index is 0.488. The summed E-state index contributed by atoms with van der Waals surface area (Å²) in [6.45, 7) is 6.76. The van der Waals surface area contributed by atoms with Gasteiger partial charge in [-0.05, 0) is 45.4 Å². The van der Waals surface area contributed by atoms with Gasteiger partial charge in [0.25, 0.3) is 0 Å². The van der Waals surface area contributed by atoms with Gasteiger partial charge in [-0.25, -0.2) is 0 Å². The molecule has 1 heterocycles. The Labute approximate surface area is 122 Å². The lowest BCUT2D eigenvalue weighted by atomic mass is 10.2. The molecule has 0 aliphatic heterocycles. The summed E-state index contributed by atoms with van der Waals surface area (Å²) in [6, 6.07) is 5.87. The van der Waals surface area contributed by atoms with Crippen LogP contribution in [-0.4, -0.2) is 31.1 Å². The maximum absolute atomic E-state index is 3.66. The van der Waals surface area contributed by atoms with Crippen LogP contribution in [-0.2, 0) is 6.42 Å². The van der Waals surface area contributed by atoms with Crippen molar-refractivity contribution >= 4 is 11.3 Å². The minimum Gasteiger partial charge on any atom is -0.308 e. The molecular formula is C16H28N2S. The lowest BCUT2D eigenvalue weighted by molar-refractivity contribution is 0.243. The first-order valence-corrected chi connectivity index (χ1v) is 8.54. The Morgan fingerprint density at radius 2 is 2.11 bits per heavy atom. The van der Waals surface area contributed by atoms with Gasteiger partial charge in [0.15, 0.2) is 0 Å². The van der Waals surface area contributed by atoms with E-state index in [0.29, 0.717) is 6.04 Å². The van der Waals surface area contributed by atoms with Crippen molar-refractivity contribution in [3.05, 3.63) is 21.9 Å². The van der Waals surface area contributed by atoms with Crippen LogP contribution in [0.3, 0.4) is 0 Å². The number of thiophene rings is 1. The SMILES string of the molecule is CCc1ccc(C(C)NCCN(C)C2CCCC2)s1. The lowest BCUT2D eigenvalue weighted by Crippen LogP contribution is -2.36. The van der Waals surface area contributed by atoms with Gasteiger partial charge >= 0.3 is 0 Å². The van der Waals surface area contributed by atoms with Crippen LogP contribution >= 0.6 is 11.3 Å². The van der Waals surface area contributed by atoms with Crippen LogP contribution in [0.4, 0.5) is 0 Å². The third-order valence-corrected chi connectivity index (χ3v) is 5.73. The van der Waals surface area contributed by atoms with Crippen LogP contribution in [0.25, 0.3) is 0 Å². The molecule has 1 aromatic heterocycles. The molecule has 1 unspecified atom stereocenters. The molecule has 1 saturated carbocycles. The van der Waals surface area contributed by atoms with E-state index >= 15 is 0 Å². The van der Waals surface area contributed by atoms with Gasteiger partial charge in [0.2, 0.25) is 0 Å². The van der Waals surface area contributed by atoms with Crippen molar-refractivity contribution < 1.29 is 0 Å². The van der Waals surface area contributed by atoms with Crippen molar-refractivity contribution in [1.29, 1.82) is 0 Å². The first kappa shape index (κ1) is 15.0. The number of rotatable bonds is 7. The molecule has 2 rings (SSSR count). The molecule has 108 valence electrons. The fourth-order valence-electron chi connectivity index (χ4n) is 2.90. The predicted octanol–water partition coefficient (Wildman–Crippen LogP) is 3.84. The number of hydrogen-bond acceptors (Lipinski definition) is 3. The van der Waals surface area contributed by atoms with Gasteiger partial charge < -0.3 is 10.2 Å². The number of aryl methyl sites for hydroxylation is 1. The third-order valence-electron chi connectivity index (χ3n) is 4.32. The van der Waals surface area contributed by atoms with Gasteiger partial charge in [-0.15, -0.1) is 11.3 Å². The van der Waals surface area contributed by atoms with Gasteiger partial charge in [0, 0.05) is 34.9 Å². The zero-order valence-electron chi connectivity index (χ0n) is 12.6. The van der Waals surface area contributed by atoms with E-state index in [-0.39, 0.29) is 0 Å². The van der Waals surface area contributed by atoms with Crippen LogP contribution in [0.1, 0.15) is 55.3 Å². The summed E-state index contributed by atoms with van der Waals surface area (Å²) in [6.07, 6.45) is 6.80. The van der Waals surface area contributed by atoms with E-state index in [2.05, 4.69) is 43.2 Å². The fourth-order valence-corrected chi connectivity index (χ4v) is 3.88. The largest absolute Gasteiger partial charge is 0.308 e. The van der Waals surface area contributed by atoms with E-state index in [1.54, 1.807) is 0 Å². The number of hydrogen-bond donors (Lipinski definition) is 1. The Kier molecular flexibility index (Phi) is 5.86. The molecule has 1 N–H and O–H groups in total. The topological polar surface area (TPSA) is 15.3 Å². The highest BCUT2D eigenvalue weighted by Gasteiger charge is 2.19. The summed E-state index contributed by atoms with van der Waals surface area (Å²) >= 11 is 1.95. The van der Waals surface area contributed by atoms with Crippen molar-refractivity contribution in [3.8, 4) is 0 Å². The van der Waals surface area contributed by atoms with E-state index in [4.69, 9.17) is 0 Å². The normalized spacial score (nSPS) is 18.3. The maximum atomic E-state index is 3.66. The molecule has 0 spiro atoms. The molecule has 2 nitrogen and oxygen atoms in total. The van der Waals surface area contributed by atoms with Gasteiger partial charge in [0.05, 0.1) is 0 Å². The Morgan fingerprint density at radius 3 is 2.74 bits per heavy atom. The van der Waals surface area contributed by atoms with Gasteiger partial charge in [-0.2, -0.15) is 0 Å². The number of likely N-dealkylation sites (N-methyl/N-ethyl adjacent to an activating group) is 1. The first-order chi connectivity index (χ1) is 9.20. The molecule has 1 aliphatic carbocycles. The molecular weight excluding hydrogens is 252 g/mol. The predicted molar refractivity (Wildman–Crippen MR) is 85.0 cm³/mol. The number of nitrogens with zero attached hydrogens (tertiary/aromatic N) is 1. The molecule has 0 amide bonds. The quantitative estimate of drug-likeness (QED) is 0.816. The summed E-state index contributed by atoms with van der Waals surface area (Å²) in [7, 11) is 2.28. The molecule has 1 aliphatic rings. The van der Waals surface area contributed by atoms with Crippen LogP contribution in [0.2, 0.25) is 0 Å². The summed E-state index contributed by atoms with van der Waals surface area (Å²) in [5, 5.41) is 3.66. The van der Waals surface area contributed by atoms with E-state index in [1.165, 1.54) is 42.0 Å². The second-order valence-corrected chi connectivity index (χ2v) is 6.95. The smallest absolute Gasteiger partial charge is 0.0386 e. The Morgan fingerprint density at radius 1 is 1.37 bits per heavy atom. The molecule has 0 saturated heterocycles. The van der Waals surface area contributed by atoms with E-state index in [0.717, 1.165) is 19.0 Å². The maximum Gasteiger partial charge on any atom is 0.0386 e. The van der Waals surface area contributed by atoms with E-state index < -0.39 is 0 Å². The molecule has 0 bridgehead atoms. The number of nitrogens with one attached hydrogen (secondary N) is 1. The van der Waals surface area contributed by atoms with Crippen LogP contribution < -0.4 is 5.32 Å². The Bertz CT molecular complexity index is 369. The molecule has 0 radical (unpaired) electrons. The average molecular weight is 280 g/mol. The molecule has 1 atom stereocenters. The first-order valence-electron chi connectivity index (χ1n) is 7.73. The highest BCUT2D eigenvalue weighted by Crippen LogP contribution is 2.24. The molecule has 1 fully saturated rings. The van der Waals surface area contributed by atoms with Gasteiger partial charge in [-0.3, -0.25) is 0 Å². The zero-order chi connectivity index (χ0) is 13.7. The van der Waals surface area contributed by atoms with Gasteiger partial charge in [-0.1, -0.05) is 19.8 Å². The minimum atomic E-state index is 0.488.